The van der Waals surface area contributed by atoms with E-state index in [-0.39, 0.29) is 13.1 Å². The highest BCUT2D eigenvalue weighted by Crippen LogP contribution is 2.25. The molecule has 0 bridgehead atoms. The molecule has 3 rings (SSSR count). The molecule has 0 saturated heterocycles. The van der Waals surface area contributed by atoms with E-state index in [1.165, 1.54) is 0 Å². The van der Waals surface area contributed by atoms with Crippen LogP contribution in [0.4, 0.5) is 0 Å². The van der Waals surface area contributed by atoms with Crippen LogP contribution in [0.1, 0.15) is 23.7 Å². The third kappa shape index (κ3) is 5.09. The maximum Gasteiger partial charge on any atom is 0.309 e. The topological polar surface area (TPSA) is 78.4 Å². The standard InChI is InChI=1S/C22H21ClN2O3/c23-17-10-8-15(9-11-17)14-25-22(28)21(27)24-13-12-20(26)19-7-3-5-16-4-1-2-6-18(16)19/h1-11,20,26H,12-14H2,(H,24,27)(H,25,28). The minimum absolute atomic E-state index is 0.192. The Morgan fingerprint density at radius 3 is 2.36 bits per heavy atom. The van der Waals surface area contributed by atoms with E-state index in [9.17, 15) is 14.7 Å². The minimum atomic E-state index is -0.733. The highest BCUT2D eigenvalue weighted by molar-refractivity contribution is 6.35. The summed E-state index contributed by atoms with van der Waals surface area (Å²) in [6, 6.07) is 20.6. The Balaban J connectivity index is 1.47. The minimum Gasteiger partial charge on any atom is -0.388 e. The molecular weight excluding hydrogens is 376 g/mol. The summed E-state index contributed by atoms with van der Waals surface area (Å²) in [6.07, 6.45) is -0.423. The molecule has 0 aliphatic carbocycles. The van der Waals surface area contributed by atoms with Crippen LogP contribution in [0.2, 0.25) is 5.02 Å². The molecule has 0 radical (unpaired) electrons. The number of hydrogen-bond donors (Lipinski definition) is 3. The zero-order valence-electron chi connectivity index (χ0n) is 15.2. The van der Waals surface area contributed by atoms with Crippen LogP contribution in [0.25, 0.3) is 10.8 Å². The normalized spacial score (nSPS) is 11.8. The van der Waals surface area contributed by atoms with Gasteiger partial charge >= 0.3 is 11.8 Å². The average Bonchev–Trinajstić information content (AvgIpc) is 2.72. The van der Waals surface area contributed by atoms with E-state index in [0.717, 1.165) is 21.9 Å². The molecule has 1 atom stereocenters. The summed E-state index contributed by atoms with van der Waals surface area (Å²) in [4.78, 5) is 23.8. The number of halogens is 1. The molecule has 0 aliphatic rings. The quantitative estimate of drug-likeness (QED) is 0.559. The molecule has 3 aromatic rings. The molecule has 0 heterocycles. The Morgan fingerprint density at radius 2 is 1.57 bits per heavy atom. The molecule has 3 aromatic carbocycles. The zero-order chi connectivity index (χ0) is 19.9. The molecule has 0 fully saturated rings. The fraction of sp³-hybridized carbons (Fsp3) is 0.182. The van der Waals surface area contributed by atoms with Crippen molar-refractivity contribution in [2.45, 2.75) is 19.1 Å². The lowest BCUT2D eigenvalue weighted by Gasteiger charge is -2.14. The van der Waals surface area contributed by atoms with Gasteiger partial charge in [0.2, 0.25) is 0 Å². The van der Waals surface area contributed by atoms with Crippen LogP contribution in [0.5, 0.6) is 0 Å². The number of benzene rings is 3. The number of aliphatic hydroxyl groups excluding tert-OH is 1. The Morgan fingerprint density at radius 1 is 0.893 bits per heavy atom. The first-order valence-corrected chi connectivity index (χ1v) is 9.38. The van der Waals surface area contributed by atoms with Crippen molar-refractivity contribution >= 4 is 34.2 Å². The molecular formula is C22H21ClN2O3. The molecule has 28 heavy (non-hydrogen) atoms. The number of rotatable bonds is 6. The van der Waals surface area contributed by atoms with E-state index in [0.29, 0.717) is 11.4 Å². The Labute approximate surface area is 168 Å². The first-order valence-electron chi connectivity index (χ1n) is 9.01. The van der Waals surface area contributed by atoms with Gasteiger partial charge in [0.1, 0.15) is 0 Å². The monoisotopic (exact) mass is 396 g/mol. The van der Waals surface area contributed by atoms with E-state index in [1.807, 2.05) is 42.5 Å². The number of carbonyl (C=O) groups excluding carboxylic acids is 2. The van der Waals surface area contributed by atoms with E-state index >= 15 is 0 Å². The first-order chi connectivity index (χ1) is 13.5. The molecule has 0 aromatic heterocycles. The highest BCUT2D eigenvalue weighted by Gasteiger charge is 2.15. The van der Waals surface area contributed by atoms with Crippen molar-refractivity contribution in [3.63, 3.8) is 0 Å². The van der Waals surface area contributed by atoms with Crippen molar-refractivity contribution in [3.8, 4) is 0 Å². The number of carbonyl (C=O) groups is 2. The lowest BCUT2D eigenvalue weighted by molar-refractivity contribution is -0.139. The van der Waals surface area contributed by atoms with Crippen LogP contribution in [-0.2, 0) is 16.1 Å². The zero-order valence-corrected chi connectivity index (χ0v) is 15.9. The van der Waals surface area contributed by atoms with Crippen LogP contribution >= 0.6 is 11.6 Å². The number of aliphatic hydroxyl groups is 1. The van der Waals surface area contributed by atoms with Crippen LogP contribution < -0.4 is 10.6 Å². The fourth-order valence-corrected chi connectivity index (χ4v) is 3.09. The van der Waals surface area contributed by atoms with Gasteiger partial charge in [-0.2, -0.15) is 0 Å². The lowest BCUT2D eigenvalue weighted by Crippen LogP contribution is -2.40. The molecule has 0 aliphatic heterocycles. The van der Waals surface area contributed by atoms with E-state index < -0.39 is 17.9 Å². The number of hydrogen-bond acceptors (Lipinski definition) is 3. The second-order valence-electron chi connectivity index (χ2n) is 6.44. The van der Waals surface area contributed by atoms with Crippen LogP contribution in [0.3, 0.4) is 0 Å². The molecule has 5 nitrogen and oxygen atoms in total. The summed E-state index contributed by atoms with van der Waals surface area (Å²) < 4.78 is 0. The SMILES string of the molecule is O=C(NCCC(O)c1cccc2ccccc12)C(=O)NCc1ccc(Cl)cc1. The summed E-state index contributed by atoms with van der Waals surface area (Å²) in [7, 11) is 0. The summed E-state index contributed by atoms with van der Waals surface area (Å²) in [6.45, 7) is 0.430. The van der Waals surface area contributed by atoms with Gasteiger partial charge in [0.05, 0.1) is 6.10 Å². The van der Waals surface area contributed by atoms with Gasteiger partial charge < -0.3 is 15.7 Å². The predicted octanol–water partition coefficient (Wildman–Crippen LogP) is 3.35. The van der Waals surface area contributed by atoms with Crippen molar-refractivity contribution in [3.05, 3.63) is 82.9 Å². The van der Waals surface area contributed by atoms with Crippen LogP contribution in [0, 0.1) is 0 Å². The summed E-state index contributed by atoms with van der Waals surface area (Å²) in [5.41, 5.74) is 1.65. The Bertz CT molecular complexity index is 968. The largest absolute Gasteiger partial charge is 0.388 e. The molecule has 144 valence electrons. The van der Waals surface area contributed by atoms with E-state index in [1.54, 1.807) is 24.3 Å². The van der Waals surface area contributed by atoms with Crippen molar-refractivity contribution in [1.29, 1.82) is 0 Å². The summed E-state index contributed by atoms with van der Waals surface area (Å²) in [5.74, 6) is -1.44. The van der Waals surface area contributed by atoms with Crippen molar-refractivity contribution < 1.29 is 14.7 Å². The summed E-state index contributed by atoms with van der Waals surface area (Å²) >= 11 is 5.81. The van der Waals surface area contributed by atoms with Crippen molar-refractivity contribution in [1.82, 2.24) is 10.6 Å². The number of fused-ring (bicyclic) bond motifs is 1. The second-order valence-corrected chi connectivity index (χ2v) is 6.87. The van der Waals surface area contributed by atoms with Crippen molar-refractivity contribution in [2.24, 2.45) is 0 Å². The van der Waals surface area contributed by atoms with Crippen LogP contribution in [-0.4, -0.2) is 23.5 Å². The summed E-state index contributed by atoms with van der Waals surface area (Å²) in [5, 5.41) is 18.2. The molecule has 1 unspecified atom stereocenters. The van der Waals surface area contributed by atoms with Gasteiger partial charge in [-0.1, -0.05) is 66.2 Å². The third-order valence-electron chi connectivity index (χ3n) is 4.46. The van der Waals surface area contributed by atoms with E-state index in [4.69, 9.17) is 11.6 Å². The van der Waals surface area contributed by atoms with Gasteiger partial charge in [0.15, 0.2) is 0 Å². The first kappa shape index (κ1) is 19.9. The third-order valence-corrected chi connectivity index (χ3v) is 4.71. The van der Waals surface area contributed by atoms with Crippen LogP contribution in [0.15, 0.2) is 66.7 Å². The van der Waals surface area contributed by atoms with Gasteiger partial charge in [0.25, 0.3) is 0 Å². The maximum absolute atomic E-state index is 11.9. The number of nitrogens with one attached hydrogen (secondary N) is 2. The molecule has 2 amide bonds. The predicted molar refractivity (Wildman–Crippen MR) is 110 cm³/mol. The van der Waals surface area contributed by atoms with Crippen molar-refractivity contribution in [2.75, 3.05) is 6.54 Å². The van der Waals surface area contributed by atoms with Gasteiger partial charge in [-0.25, -0.2) is 0 Å². The second kappa shape index (κ2) is 9.35. The lowest BCUT2D eigenvalue weighted by atomic mass is 9.99. The van der Waals surface area contributed by atoms with E-state index in [2.05, 4.69) is 10.6 Å². The fourth-order valence-electron chi connectivity index (χ4n) is 2.96. The molecule has 0 saturated carbocycles. The average molecular weight is 397 g/mol. The van der Waals surface area contributed by atoms with Gasteiger partial charge in [-0.3, -0.25) is 9.59 Å². The number of amides is 2. The van der Waals surface area contributed by atoms with Gasteiger partial charge in [-0.15, -0.1) is 0 Å². The molecule has 0 spiro atoms. The molecule has 6 heteroatoms. The van der Waals surface area contributed by atoms with Gasteiger partial charge in [-0.05, 0) is 40.5 Å². The highest BCUT2D eigenvalue weighted by atomic mass is 35.5. The maximum atomic E-state index is 11.9. The Hall–Kier alpha value is -2.89. The Kier molecular flexibility index (Phi) is 6.63. The smallest absolute Gasteiger partial charge is 0.309 e. The molecule has 3 N–H and O–H groups in total. The van der Waals surface area contributed by atoms with Gasteiger partial charge in [0, 0.05) is 18.1 Å².